The molecule has 2 rings (SSSR count). The monoisotopic (exact) mass is 260 g/mol. The van der Waals surface area contributed by atoms with Crippen molar-refractivity contribution in [1.29, 1.82) is 0 Å². The number of benzene rings is 1. The highest BCUT2D eigenvalue weighted by atomic mass is 16.5. The number of hydrogen-bond acceptors (Lipinski definition) is 2. The third-order valence-corrected chi connectivity index (χ3v) is 4.39. The zero-order chi connectivity index (χ0) is 13.7. The van der Waals surface area contributed by atoms with Gasteiger partial charge in [0.25, 0.3) is 0 Å². The van der Waals surface area contributed by atoms with Crippen molar-refractivity contribution < 1.29 is 9.53 Å². The maximum Gasteiger partial charge on any atom is 0.305 e. The van der Waals surface area contributed by atoms with Crippen molar-refractivity contribution in [2.75, 3.05) is 7.11 Å². The highest BCUT2D eigenvalue weighted by molar-refractivity contribution is 5.69. The van der Waals surface area contributed by atoms with Crippen LogP contribution in [0.25, 0.3) is 0 Å². The Labute approximate surface area is 116 Å². The van der Waals surface area contributed by atoms with E-state index in [1.54, 1.807) is 0 Å². The largest absolute Gasteiger partial charge is 0.469 e. The van der Waals surface area contributed by atoms with Crippen LogP contribution in [0.1, 0.15) is 56.1 Å². The summed E-state index contributed by atoms with van der Waals surface area (Å²) >= 11 is 0. The van der Waals surface area contributed by atoms with Crippen LogP contribution in [-0.2, 0) is 16.0 Å². The van der Waals surface area contributed by atoms with E-state index in [1.165, 1.54) is 31.1 Å². The Morgan fingerprint density at radius 3 is 2.32 bits per heavy atom. The Hall–Kier alpha value is -1.31. The molecule has 0 heterocycles. The minimum absolute atomic E-state index is 0.0595. The van der Waals surface area contributed by atoms with Crippen LogP contribution < -0.4 is 0 Å². The zero-order valence-electron chi connectivity index (χ0n) is 12.0. The van der Waals surface area contributed by atoms with Gasteiger partial charge in [0, 0.05) is 6.42 Å². The molecular weight excluding hydrogens is 236 g/mol. The van der Waals surface area contributed by atoms with Crippen molar-refractivity contribution in [3.8, 4) is 0 Å². The lowest BCUT2D eigenvalue weighted by atomic mass is 9.77. The van der Waals surface area contributed by atoms with E-state index < -0.39 is 0 Å². The first-order chi connectivity index (χ1) is 9.22. The molecule has 0 N–H and O–H groups in total. The molecule has 0 amide bonds. The van der Waals surface area contributed by atoms with Gasteiger partial charge in [-0.2, -0.15) is 0 Å². The Kier molecular flexibility index (Phi) is 5.00. The van der Waals surface area contributed by atoms with Gasteiger partial charge in [-0.05, 0) is 55.1 Å². The number of carbonyl (C=O) groups is 1. The molecule has 1 aromatic carbocycles. The molecule has 0 radical (unpaired) electrons. The molecule has 0 bridgehead atoms. The quantitative estimate of drug-likeness (QED) is 0.762. The van der Waals surface area contributed by atoms with E-state index in [2.05, 4.69) is 31.2 Å². The highest BCUT2D eigenvalue weighted by Gasteiger charge is 2.24. The van der Waals surface area contributed by atoms with Crippen molar-refractivity contribution in [3.05, 3.63) is 35.4 Å². The van der Waals surface area contributed by atoms with Crippen LogP contribution in [0.5, 0.6) is 0 Å². The molecule has 0 saturated heterocycles. The molecule has 1 saturated carbocycles. The molecule has 0 aromatic heterocycles. The van der Waals surface area contributed by atoms with Crippen molar-refractivity contribution >= 4 is 5.97 Å². The fraction of sp³-hybridized carbons (Fsp3) is 0.588. The molecule has 1 aromatic rings. The van der Waals surface area contributed by atoms with Gasteiger partial charge in [-0.1, -0.05) is 31.2 Å². The number of ether oxygens (including phenoxy) is 1. The van der Waals surface area contributed by atoms with Gasteiger partial charge >= 0.3 is 5.97 Å². The van der Waals surface area contributed by atoms with Gasteiger partial charge in [-0.25, -0.2) is 0 Å². The van der Waals surface area contributed by atoms with Gasteiger partial charge in [0.05, 0.1) is 7.11 Å². The van der Waals surface area contributed by atoms with Crippen molar-refractivity contribution in [2.24, 2.45) is 5.92 Å². The number of esters is 1. The average Bonchev–Trinajstić information content (AvgIpc) is 2.48. The van der Waals surface area contributed by atoms with Crippen LogP contribution in [0.3, 0.4) is 0 Å². The summed E-state index contributed by atoms with van der Waals surface area (Å²) < 4.78 is 4.75. The van der Waals surface area contributed by atoms with Crippen LogP contribution in [0.4, 0.5) is 0 Å². The number of hydrogen-bond donors (Lipinski definition) is 0. The maximum atomic E-state index is 11.3. The first-order valence-electron chi connectivity index (χ1n) is 7.38. The van der Waals surface area contributed by atoms with Gasteiger partial charge in [0.1, 0.15) is 0 Å². The van der Waals surface area contributed by atoms with E-state index in [0.29, 0.717) is 18.3 Å². The molecular formula is C17H24O2. The second-order valence-electron chi connectivity index (χ2n) is 5.59. The van der Waals surface area contributed by atoms with Gasteiger partial charge in [0.2, 0.25) is 0 Å². The summed E-state index contributed by atoms with van der Waals surface area (Å²) in [5, 5.41) is 0. The number of methoxy groups -OCH3 is 1. The molecule has 0 spiro atoms. The third-order valence-electron chi connectivity index (χ3n) is 4.39. The van der Waals surface area contributed by atoms with Gasteiger partial charge in [-0.15, -0.1) is 0 Å². The lowest BCUT2D eigenvalue weighted by Gasteiger charge is -2.28. The predicted octanol–water partition coefficient (Wildman–Crippen LogP) is 4.09. The van der Waals surface area contributed by atoms with Crippen LogP contribution in [0.2, 0.25) is 0 Å². The van der Waals surface area contributed by atoms with Gasteiger partial charge in [-0.3, -0.25) is 4.79 Å². The molecule has 19 heavy (non-hydrogen) atoms. The summed E-state index contributed by atoms with van der Waals surface area (Å²) in [4.78, 5) is 11.3. The van der Waals surface area contributed by atoms with Crippen LogP contribution >= 0.6 is 0 Å². The van der Waals surface area contributed by atoms with Crippen LogP contribution in [0, 0.1) is 5.92 Å². The molecule has 0 aliphatic heterocycles. The zero-order valence-corrected chi connectivity index (χ0v) is 12.0. The van der Waals surface area contributed by atoms with E-state index in [4.69, 9.17) is 4.74 Å². The fourth-order valence-corrected chi connectivity index (χ4v) is 3.04. The summed E-state index contributed by atoms with van der Waals surface area (Å²) in [6.07, 6.45) is 6.40. The topological polar surface area (TPSA) is 26.3 Å². The first kappa shape index (κ1) is 14.1. The Morgan fingerprint density at radius 1 is 1.16 bits per heavy atom. The Bertz CT molecular complexity index is 400. The molecule has 0 atom stereocenters. The van der Waals surface area contributed by atoms with E-state index in [-0.39, 0.29) is 5.97 Å². The summed E-state index contributed by atoms with van der Waals surface area (Å²) in [6.45, 7) is 2.19. The SMILES string of the molecule is CCc1ccc(C2CCC(CC(=O)OC)CC2)cc1. The summed E-state index contributed by atoms with van der Waals surface area (Å²) in [6, 6.07) is 9.06. The van der Waals surface area contributed by atoms with Crippen molar-refractivity contribution in [3.63, 3.8) is 0 Å². The molecule has 0 unspecified atom stereocenters. The van der Waals surface area contributed by atoms with Crippen LogP contribution in [-0.4, -0.2) is 13.1 Å². The Balaban J connectivity index is 1.86. The molecule has 1 fully saturated rings. The lowest BCUT2D eigenvalue weighted by Crippen LogP contribution is -2.17. The third kappa shape index (κ3) is 3.82. The van der Waals surface area contributed by atoms with Crippen LogP contribution in [0.15, 0.2) is 24.3 Å². The number of carbonyl (C=O) groups excluding carboxylic acids is 1. The first-order valence-corrected chi connectivity index (χ1v) is 7.38. The standard InChI is InChI=1S/C17H24O2/c1-3-13-4-8-15(9-5-13)16-10-6-14(7-11-16)12-17(18)19-2/h4-5,8-9,14,16H,3,6-7,10-12H2,1-2H3. The lowest BCUT2D eigenvalue weighted by molar-refractivity contribution is -0.142. The smallest absolute Gasteiger partial charge is 0.305 e. The number of aryl methyl sites for hydroxylation is 1. The minimum atomic E-state index is -0.0595. The summed E-state index contributed by atoms with van der Waals surface area (Å²) in [7, 11) is 1.48. The molecule has 2 heteroatoms. The predicted molar refractivity (Wildman–Crippen MR) is 77.2 cm³/mol. The average molecular weight is 260 g/mol. The van der Waals surface area contributed by atoms with E-state index in [1.807, 2.05) is 0 Å². The molecule has 104 valence electrons. The second kappa shape index (κ2) is 6.74. The summed E-state index contributed by atoms with van der Waals surface area (Å²) in [5.74, 6) is 1.15. The van der Waals surface area contributed by atoms with Crippen molar-refractivity contribution in [2.45, 2.75) is 51.4 Å². The normalized spacial score (nSPS) is 23.1. The minimum Gasteiger partial charge on any atom is -0.469 e. The highest BCUT2D eigenvalue weighted by Crippen LogP contribution is 2.37. The second-order valence-corrected chi connectivity index (χ2v) is 5.59. The number of rotatable bonds is 4. The fourth-order valence-electron chi connectivity index (χ4n) is 3.04. The van der Waals surface area contributed by atoms with E-state index in [9.17, 15) is 4.79 Å². The van der Waals surface area contributed by atoms with Gasteiger partial charge < -0.3 is 4.74 Å². The maximum absolute atomic E-state index is 11.3. The molecule has 1 aliphatic rings. The summed E-state index contributed by atoms with van der Waals surface area (Å²) in [5.41, 5.74) is 2.87. The molecule has 1 aliphatic carbocycles. The van der Waals surface area contributed by atoms with E-state index in [0.717, 1.165) is 19.3 Å². The Morgan fingerprint density at radius 2 is 1.79 bits per heavy atom. The van der Waals surface area contributed by atoms with Crippen molar-refractivity contribution in [1.82, 2.24) is 0 Å². The van der Waals surface area contributed by atoms with Gasteiger partial charge in [0.15, 0.2) is 0 Å². The molecule has 2 nitrogen and oxygen atoms in total. The van der Waals surface area contributed by atoms with E-state index >= 15 is 0 Å².